The van der Waals surface area contributed by atoms with Gasteiger partial charge in [-0.2, -0.15) is 0 Å². The molecule has 0 saturated carbocycles. The van der Waals surface area contributed by atoms with Crippen molar-refractivity contribution in [3.63, 3.8) is 0 Å². The summed E-state index contributed by atoms with van der Waals surface area (Å²) in [6.07, 6.45) is 4.88. The first-order chi connectivity index (χ1) is 5.20. The highest BCUT2D eigenvalue weighted by atomic mass is 16.3. The molecule has 1 heterocycles. The summed E-state index contributed by atoms with van der Waals surface area (Å²) in [6, 6.07) is 1.83. The number of ketones is 1. The van der Waals surface area contributed by atoms with Crippen molar-refractivity contribution in [1.82, 2.24) is 0 Å². The van der Waals surface area contributed by atoms with Crippen molar-refractivity contribution in [3.8, 4) is 0 Å². The van der Waals surface area contributed by atoms with Crippen LogP contribution in [0.25, 0.3) is 6.08 Å². The maximum atomic E-state index is 10.5. The lowest BCUT2D eigenvalue weighted by Gasteiger charge is -1.85. The number of furan rings is 1. The van der Waals surface area contributed by atoms with Crippen molar-refractivity contribution in [1.29, 1.82) is 0 Å². The van der Waals surface area contributed by atoms with E-state index in [9.17, 15) is 4.79 Å². The van der Waals surface area contributed by atoms with E-state index in [0.717, 1.165) is 11.3 Å². The number of aryl methyl sites for hydroxylation is 1. The van der Waals surface area contributed by atoms with Crippen LogP contribution >= 0.6 is 0 Å². The molecule has 0 spiro atoms. The van der Waals surface area contributed by atoms with Crippen LogP contribution in [0.15, 0.2) is 22.8 Å². The lowest BCUT2D eigenvalue weighted by atomic mass is 10.2. The molecule has 0 bridgehead atoms. The third kappa shape index (κ3) is 2.08. The first kappa shape index (κ1) is 7.79. The molecule has 0 aliphatic carbocycles. The molecule has 0 fully saturated rings. The van der Waals surface area contributed by atoms with Crippen LogP contribution in [0.1, 0.15) is 18.2 Å². The molecule has 11 heavy (non-hydrogen) atoms. The Bertz CT molecular complexity index is 282. The Morgan fingerprint density at radius 2 is 2.36 bits per heavy atom. The molecule has 0 aliphatic rings. The highest BCUT2D eigenvalue weighted by Gasteiger charge is 1.94. The molecule has 2 nitrogen and oxygen atoms in total. The van der Waals surface area contributed by atoms with Crippen LogP contribution in [-0.4, -0.2) is 5.78 Å². The van der Waals surface area contributed by atoms with Gasteiger partial charge in [-0.1, -0.05) is 0 Å². The minimum absolute atomic E-state index is 0.0469. The van der Waals surface area contributed by atoms with E-state index in [4.69, 9.17) is 4.42 Å². The SMILES string of the molecule is CC(=O)C=Cc1ccoc1C. The quantitative estimate of drug-likeness (QED) is 0.605. The summed E-state index contributed by atoms with van der Waals surface area (Å²) in [5.41, 5.74) is 0.959. The summed E-state index contributed by atoms with van der Waals surface area (Å²) < 4.78 is 5.03. The second-order valence-corrected chi connectivity index (χ2v) is 2.38. The maximum Gasteiger partial charge on any atom is 0.152 e. The van der Waals surface area contributed by atoms with E-state index in [1.165, 1.54) is 13.0 Å². The van der Waals surface area contributed by atoms with E-state index in [0.29, 0.717) is 0 Å². The summed E-state index contributed by atoms with van der Waals surface area (Å²) in [5.74, 6) is 0.883. The van der Waals surface area contributed by atoms with E-state index in [1.54, 1.807) is 12.3 Å². The van der Waals surface area contributed by atoms with Crippen molar-refractivity contribution >= 4 is 11.9 Å². The van der Waals surface area contributed by atoms with Crippen LogP contribution in [-0.2, 0) is 4.79 Å². The number of carbonyl (C=O) groups is 1. The zero-order chi connectivity index (χ0) is 8.27. The van der Waals surface area contributed by atoms with Gasteiger partial charge in [0.2, 0.25) is 0 Å². The van der Waals surface area contributed by atoms with Crippen LogP contribution in [0, 0.1) is 6.92 Å². The Hall–Kier alpha value is -1.31. The van der Waals surface area contributed by atoms with Crippen LogP contribution in [0.2, 0.25) is 0 Å². The van der Waals surface area contributed by atoms with Gasteiger partial charge >= 0.3 is 0 Å². The van der Waals surface area contributed by atoms with Crippen molar-refractivity contribution in [2.24, 2.45) is 0 Å². The standard InChI is InChI=1S/C9H10O2/c1-7(10)3-4-9-5-6-11-8(9)2/h3-6H,1-2H3. The number of carbonyl (C=O) groups excluding carboxylic acids is 1. The molecule has 0 aliphatic heterocycles. The van der Waals surface area contributed by atoms with Gasteiger partial charge in [-0.15, -0.1) is 0 Å². The number of hydrogen-bond donors (Lipinski definition) is 0. The second-order valence-electron chi connectivity index (χ2n) is 2.38. The van der Waals surface area contributed by atoms with Gasteiger partial charge < -0.3 is 4.42 Å². The number of rotatable bonds is 2. The summed E-state index contributed by atoms with van der Waals surface area (Å²) in [5, 5.41) is 0. The fraction of sp³-hybridized carbons (Fsp3) is 0.222. The Morgan fingerprint density at radius 1 is 1.64 bits per heavy atom. The lowest BCUT2D eigenvalue weighted by Crippen LogP contribution is -1.79. The Balaban J connectivity index is 2.79. The minimum atomic E-state index is 0.0469. The predicted octanol–water partition coefficient (Wildman–Crippen LogP) is 2.19. The molecule has 0 atom stereocenters. The lowest BCUT2D eigenvalue weighted by molar-refractivity contribution is -0.112. The first-order valence-corrected chi connectivity index (χ1v) is 3.43. The van der Waals surface area contributed by atoms with Gasteiger partial charge in [0, 0.05) is 5.56 Å². The van der Waals surface area contributed by atoms with Crippen LogP contribution in [0.5, 0.6) is 0 Å². The third-order valence-corrected chi connectivity index (χ3v) is 1.40. The molecule has 0 amide bonds. The largest absolute Gasteiger partial charge is 0.469 e. The summed E-state index contributed by atoms with van der Waals surface area (Å²) in [4.78, 5) is 10.5. The molecule has 1 aromatic rings. The van der Waals surface area contributed by atoms with E-state index in [2.05, 4.69) is 0 Å². The number of hydrogen-bond acceptors (Lipinski definition) is 2. The highest BCUT2D eigenvalue weighted by Crippen LogP contribution is 2.09. The Morgan fingerprint density at radius 3 is 2.82 bits per heavy atom. The summed E-state index contributed by atoms with van der Waals surface area (Å²) in [6.45, 7) is 3.38. The third-order valence-electron chi connectivity index (χ3n) is 1.40. The smallest absolute Gasteiger partial charge is 0.152 e. The highest BCUT2D eigenvalue weighted by molar-refractivity contribution is 5.91. The normalized spacial score (nSPS) is 10.7. The molecule has 0 N–H and O–H groups in total. The van der Waals surface area contributed by atoms with E-state index in [-0.39, 0.29) is 5.78 Å². The minimum Gasteiger partial charge on any atom is -0.469 e. The zero-order valence-corrected chi connectivity index (χ0v) is 6.63. The fourth-order valence-electron chi connectivity index (χ4n) is 0.775. The molecular formula is C9H10O2. The predicted molar refractivity (Wildman–Crippen MR) is 43.2 cm³/mol. The molecule has 58 valence electrons. The van der Waals surface area contributed by atoms with Crippen molar-refractivity contribution in [2.45, 2.75) is 13.8 Å². The van der Waals surface area contributed by atoms with Crippen molar-refractivity contribution in [3.05, 3.63) is 29.7 Å². The summed E-state index contributed by atoms with van der Waals surface area (Å²) in [7, 11) is 0. The first-order valence-electron chi connectivity index (χ1n) is 3.43. The van der Waals surface area contributed by atoms with Crippen LogP contribution in [0.3, 0.4) is 0 Å². The molecule has 0 radical (unpaired) electrons. The van der Waals surface area contributed by atoms with E-state index >= 15 is 0 Å². The molecule has 2 heteroatoms. The average Bonchev–Trinajstić information content (AvgIpc) is 2.31. The van der Waals surface area contributed by atoms with Crippen LogP contribution < -0.4 is 0 Å². The summed E-state index contributed by atoms with van der Waals surface area (Å²) >= 11 is 0. The van der Waals surface area contributed by atoms with Gasteiger partial charge in [0.1, 0.15) is 5.76 Å². The van der Waals surface area contributed by atoms with Gasteiger partial charge in [-0.25, -0.2) is 0 Å². The van der Waals surface area contributed by atoms with Crippen LogP contribution in [0.4, 0.5) is 0 Å². The Labute approximate surface area is 65.5 Å². The molecule has 0 saturated heterocycles. The molecule has 1 aromatic heterocycles. The van der Waals surface area contributed by atoms with Gasteiger partial charge in [0.15, 0.2) is 5.78 Å². The van der Waals surface area contributed by atoms with Gasteiger partial charge in [0.05, 0.1) is 6.26 Å². The maximum absolute atomic E-state index is 10.5. The Kier molecular flexibility index (Phi) is 2.26. The van der Waals surface area contributed by atoms with Crippen molar-refractivity contribution < 1.29 is 9.21 Å². The topological polar surface area (TPSA) is 30.2 Å². The van der Waals surface area contributed by atoms with Gasteiger partial charge in [-0.05, 0) is 32.1 Å². The van der Waals surface area contributed by atoms with Crippen molar-refractivity contribution in [2.75, 3.05) is 0 Å². The molecule has 0 aromatic carbocycles. The van der Waals surface area contributed by atoms with E-state index in [1.807, 2.05) is 13.0 Å². The van der Waals surface area contributed by atoms with E-state index < -0.39 is 0 Å². The van der Waals surface area contributed by atoms with Gasteiger partial charge in [-0.3, -0.25) is 4.79 Å². The average molecular weight is 150 g/mol. The zero-order valence-electron chi connectivity index (χ0n) is 6.63. The van der Waals surface area contributed by atoms with Gasteiger partial charge in [0.25, 0.3) is 0 Å². The number of allylic oxidation sites excluding steroid dienone is 1. The molecule has 1 rings (SSSR count). The molecule has 0 unspecified atom stereocenters. The monoisotopic (exact) mass is 150 g/mol. The molecular weight excluding hydrogens is 140 g/mol. The second kappa shape index (κ2) is 3.19. The fourth-order valence-corrected chi connectivity index (χ4v) is 0.775.